The molecule has 4 aromatic heterocycles. The van der Waals surface area contributed by atoms with E-state index in [1.165, 1.54) is 207 Å². The van der Waals surface area contributed by atoms with Gasteiger partial charge in [0.25, 0.3) is 0 Å². The normalized spacial score (nSPS) is 11.3. The standard InChI is InChI=1S/2C31H23N.2C25H18S/c1-22-12-10-18-26(30(22)23-13-4-2-5-14-23)28-20-11-19-27-25-17-8-9-21-29(25)32(31(27)28)24-15-6-3-7-16-24;1-22-12-5-6-15-24(22)25-16-7-8-17-26(25)28-19-11-20-29-27-18-9-10-21-30(27)32(31(28)29)23-13-3-2-4-14-23;1-17-9-2-3-10-18(17)19-11-4-5-12-20(19)22-14-8-15-23-21-13-6-7-16-24(21)26-25(22)23;1-17-9-7-13-20(24(17)18-10-3-2-4-11-18)22-15-8-14-21-19-12-5-6-16-23(19)26-25(21)22/h2*2-21H,1H3;2*2-16H,1H3. The van der Waals surface area contributed by atoms with Crippen LogP contribution in [0.1, 0.15) is 22.3 Å². The van der Waals surface area contributed by atoms with Gasteiger partial charge in [-0.2, -0.15) is 0 Å². The summed E-state index contributed by atoms with van der Waals surface area (Å²) >= 11 is 3.78. The number of para-hydroxylation sites is 6. The highest BCUT2D eigenvalue weighted by molar-refractivity contribution is 7.26. The van der Waals surface area contributed by atoms with Crippen molar-refractivity contribution in [2.45, 2.75) is 27.7 Å². The van der Waals surface area contributed by atoms with Gasteiger partial charge in [-0.05, 0) is 165 Å². The van der Waals surface area contributed by atoms with Crippen LogP contribution in [-0.2, 0) is 0 Å². The molecule has 18 aromatic carbocycles. The van der Waals surface area contributed by atoms with E-state index in [2.05, 4.69) is 461 Å². The maximum Gasteiger partial charge on any atom is 0.0619 e. The van der Waals surface area contributed by atoms with Crippen LogP contribution in [0.25, 0.3) is 184 Å². The predicted molar refractivity (Wildman–Crippen MR) is 503 cm³/mol. The van der Waals surface area contributed by atoms with E-state index >= 15 is 0 Å². The lowest BCUT2D eigenvalue weighted by Crippen LogP contribution is -1.96. The number of benzene rings is 18. The predicted octanol–water partition coefficient (Wildman–Crippen LogP) is 32.2. The Morgan fingerprint density at radius 3 is 0.853 bits per heavy atom. The highest BCUT2D eigenvalue weighted by Crippen LogP contribution is 2.48. The summed E-state index contributed by atoms with van der Waals surface area (Å²) < 4.78 is 10.3. The first kappa shape index (κ1) is 72.3. The van der Waals surface area contributed by atoms with Crippen LogP contribution in [-0.4, -0.2) is 9.13 Å². The molecule has 116 heavy (non-hydrogen) atoms. The third kappa shape index (κ3) is 13.4. The number of aromatic nitrogens is 2. The minimum Gasteiger partial charge on any atom is -0.309 e. The monoisotopic (exact) mass is 1520 g/mol. The molecule has 0 aliphatic carbocycles. The summed E-state index contributed by atoms with van der Waals surface area (Å²) in [5, 5.41) is 10.5. The molecular formula is C112H82N2S2. The molecule has 4 heterocycles. The Balaban J connectivity index is 0.000000104. The number of fused-ring (bicyclic) bond motifs is 12. The summed E-state index contributed by atoms with van der Waals surface area (Å²) in [7, 11) is 0. The molecule has 0 aliphatic heterocycles. The van der Waals surface area contributed by atoms with Crippen molar-refractivity contribution in [1.82, 2.24) is 9.13 Å². The zero-order valence-electron chi connectivity index (χ0n) is 65.1. The van der Waals surface area contributed by atoms with Crippen molar-refractivity contribution >= 4 is 107 Å². The van der Waals surface area contributed by atoms with Crippen molar-refractivity contribution in [2.24, 2.45) is 0 Å². The second kappa shape index (κ2) is 31.9. The maximum absolute atomic E-state index is 2.41. The lowest BCUT2D eigenvalue weighted by Gasteiger charge is -2.16. The molecule has 0 saturated carbocycles. The molecule has 22 rings (SSSR count). The van der Waals surface area contributed by atoms with Gasteiger partial charge in [-0.15, -0.1) is 22.7 Å². The number of nitrogens with zero attached hydrogens (tertiary/aromatic N) is 2. The average Bonchev–Trinajstić information content (AvgIpc) is 1.58. The Labute approximate surface area is 685 Å². The van der Waals surface area contributed by atoms with Crippen molar-refractivity contribution in [3.63, 3.8) is 0 Å². The molecule has 0 atom stereocenters. The van der Waals surface area contributed by atoms with Crippen LogP contribution >= 0.6 is 22.7 Å². The van der Waals surface area contributed by atoms with E-state index in [4.69, 9.17) is 0 Å². The summed E-state index contributed by atoms with van der Waals surface area (Å²) in [5.41, 5.74) is 33.1. The Bertz CT molecular complexity index is 7360. The molecule has 0 unspecified atom stereocenters. The first-order chi connectivity index (χ1) is 57.3. The van der Waals surface area contributed by atoms with E-state index in [1.54, 1.807) is 0 Å². The third-order valence-electron chi connectivity index (χ3n) is 22.8. The molecule has 4 heteroatoms. The minimum atomic E-state index is 1.18. The van der Waals surface area contributed by atoms with Crippen LogP contribution in [0.2, 0.25) is 0 Å². The fraction of sp³-hybridized carbons (Fsp3) is 0.0357. The van der Waals surface area contributed by atoms with Gasteiger partial charge in [-0.25, -0.2) is 0 Å². The summed E-state index contributed by atoms with van der Waals surface area (Å²) in [6.07, 6.45) is 0. The van der Waals surface area contributed by atoms with Crippen LogP contribution in [0, 0.1) is 27.7 Å². The van der Waals surface area contributed by atoms with E-state index in [1.807, 2.05) is 22.7 Å². The van der Waals surface area contributed by atoms with Crippen molar-refractivity contribution in [2.75, 3.05) is 0 Å². The Morgan fingerprint density at radius 1 is 0.172 bits per heavy atom. The molecule has 0 fully saturated rings. The molecule has 0 bridgehead atoms. The second-order valence-corrected chi connectivity index (χ2v) is 31.9. The van der Waals surface area contributed by atoms with Crippen LogP contribution in [0.5, 0.6) is 0 Å². The fourth-order valence-electron chi connectivity index (χ4n) is 17.5. The molecule has 0 amide bonds. The highest BCUT2D eigenvalue weighted by atomic mass is 32.1. The van der Waals surface area contributed by atoms with E-state index in [-0.39, 0.29) is 0 Å². The molecule has 0 N–H and O–H groups in total. The summed E-state index contributed by atoms with van der Waals surface area (Å²) in [6, 6.07) is 153. The van der Waals surface area contributed by atoms with E-state index in [9.17, 15) is 0 Å². The SMILES string of the molecule is Cc1cccc(-c2cccc3c2sc2ccccc23)c1-c1ccccc1.Cc1cccc(-c2cccc3c4ccccc4n(-c4ccccc4)c23)c1-c1ccccc1.Cc1ccccc1-c1ccccc1-c1cccc2c1sc1ccccc12.Cc1ccccc1-c1ccccc1-c1cccc2c3ccccc3n(-c3ccccc3)c12. The molecule has 2 nitrogen and oxygen atoms in total. The number of hydrogen-bond acceptors (Lipinski definition) is 2. The second-order valence-electron chi connectivity index (χ2n) is 29.8. The van der Waals surface area contributed by atoms with Gasteiger partial charge < -0.3 is 9.13 Å². The molecular weight excluding hydrogens is 1440 g/mol. The Kier molecular flexibility index (Phi) is 19.9. The van der Waals surface area contributed by atoms with Gasteiger partial charge in [0.1, 0.15) is 0 Å². The number of hydrogen-bond donors (Lipinski definition) is 0. The van der Waals surface area contributed by atoms with Gasteiger partial charge in [0.2, 0.25) is 0 Å². The number of thiophene rings is 2. The highest BCUT2D eigenvalue weighted by Gasteiger charge is 2.23. The topological polar surface area (TPSA) is 9.86 Å². The summed E-state index contributed by atoms with van der Waals surface area (Å²) in [4.78, 5) is 0. The van der Waals surface area contributed by atoms with E-state index < -0.39 is 0 Å². The largest absolute Gasteiger partial charge is 0.309 e. The lowest BCUT2D eigenvalue weighted by atomic mass is 9.90. The van der Waals surface area contributed by atoms with Gasteiger partial charge >= 0.3 is 0 Å². The van der Waals surface area contributed by atoms with Crippen LogP contribution < -0.4 is 0 Å². The summed E-state index contributed by atoms with van der Waals surface area (Å²) in [6.45, 7) is 8.79. The van der Waals surface area contributed by atoms with Crippen LogP contribution in [0.15, 0.2) is 425 Å². The van der Waals surface area contributed by atoms with E-state index in [0.717, 1.165) is 0 Å². The lowest BCUT2D eigenvalue weighted by molar-refractivity contribution is 1.18. The molecule has 0 spiro atoms. The van der Waals surface area contributed by atoms with E-state index in [0.29, 0.717) is 0 Å². The van der Waals surface area contributed by atoms with Gasteiger partial charge in [-0.1, -0.05) is 376 Å². The third-order valence-corrected chi connectivity index (χ3v) is 25.2. The van der Waals surface area contributed by atoms with Crippen molar-refractivity contribution in [1.29, 1.82) is 0 Å². The smallest absolute Gasteiger partial charge is 0.0619 e. The van der Waals surface area contributed by atoms with Gasteiger partial charge in [-0.3, -0.25) is 0 Å². The van der Waals surface area contributed by atoms with Gasteiger partial charge in [0.15, 0.2) is 0 Å². The van der Waals surface area contributed by atoms with Crippen molar-refractivity contribution in [3.05, 3.63) is 447 Å². The Morgan fingerprint density at radius 2 is 0.431 bits per heavy atom. The molecule has 0 aliphatic rings. The zero-order valence-corrected chi connectivity index (χ0v) is 66.8. The average molecular weight is 1520 g/mol. The zero-order chi connectivity index (χ0) is 78.0. The number of aryl methyl sites for hydroxylation is 4. The van der Waals surface area contributed by atoms with Gasteiger partial charge in [0, 0.05) is 95.5 Å². The quantitative estimate of drug-likeness (QED) is 0.129. The van der Waals surface area contributed by atoms with Crippen molar-refractivity contribution in [3.8, 4) is 100 Å². The maximum atomic E-state index is 2.41. The Hall–Kier alpha value is -14.0. The van der Waals surface area contributed by atoms with Crippen LogP contribution in [0.4, 0.5) is 0 Å². The van der Waals surface area contributed by atoms with Crippen LogP contribution in [0.3, 0.4) is 0 Å². The minimum absolute atomic E-state index is 1.18. The van der Waals surface area contributed by atoms with Crippen molar-refractivity contribution < 1.29 is 0 Å². The number of rotatable bonds is 10. The summed E-state index contributed by atoms with van der Waals surface area (Å²) in [5.74, 6) is 0. The first-order valence-corrected chi connectivity index (χ1v) is 41.5. The molecule has 0 radical (unpaired) electrons. The molecule has 0 saturated heterocycles. The molecule has 22 aromatic rings. The van der Waals surface area contributed by atoms with Gasteiger partial charge in [0.05, 0.1) is 22.1 Å². The first-order valence-electron chi connectivity index (χ1n) is 39.9. The molecule has 552 valence electrons. The fourth-order valence-corrected chi connectivity index (χ4v) is 20.0.